The molecule has 1 spiro atoms. The summed E-state index contributed by atoms with van der Waals surface area (Å²) in [7, 11) is 2.19. The minimum atomic E-state index is 0. The largest absolute Gasteiger partial charge is 0.309 e. The highest BCUT2D eigenvalue weighted by Gasteiger charge is 2.42. The molecule has 2 heterocycles. The van der Waals surface area contributed by atoms with Crippen LogP contribution in [0.4, 0.5) is 0 Å². The number of hydrogen-bond acceptors (Lipinski definition) is 2. The minimum absolute atomic E-state index is 0. The maximum absolute atomic E-state index is 3.56. The molecule has 2 fully saturated rings. The van der Waals surface area contributed by atoms with Gasteiger partial charge in [-0.05, 0) is 26.4 Å². The second-order valence-corrected chi connectivity index (χ2v) is 3.48. The Kier molecular flexibility index (Phi) is 4.12. The highest BCUT2D eigenvalue weighted by molar-refractivity contribution is 5.85. The number of nitrogens with one attached hydrogen (secondary N) is 1. The van der Waals surface area contributed by atoms with Crippen molar-refractivity contribution in [1.29, 1.82) is 0 Å². The van der Waals surface area contributed by atoms with Crippen molar-refractivity contribution in [2.45, 2.75) is 18.4 Å². The van der Waals surface area contributed by atoms with E-state index in [4.69, 9.17) is 0 Å². The van der Waals surface area contributed by atoms with Gasteiger partial charge < -0.3 is 10.2 Å². The van der Waals surface area contributed by atoms with Crippen LogP contribution in [0, 0.1) is 0 Å². The van der Waals surface area contributed by atoms with Crippen LogP contribution in [0.2, 0.25) is 0 Å². The molecule has 2 nitrogen and oxygen atoms in total. The number of likely N-dealkylation sites (N-methyl/N-ethyl adjacent to an activating group) is 1. The Labute approximate surface area is 80.5 Å². The molecule has 0 saturated carbocycles. The number of nitrogens with zero attached hydrogens (tertiary/aromatic N) is 1. The van der Waals surface area contributed by atoms with Gasteiger partial charge in [0.05, 0.1) is 0 Å². The minimum Gasteiger partial charge on any atom is -0.309 e. The molecule has 68 valence electrons. The molecule has 2 rings (SSSR count). The molecule has 1 N–H and O–H groups in total. The quantitative estimate of drug-likeness (QED) is 0.623. The lowest BCUT2D eigenvalue weighted by Gasteiger charge is -2.46. The number of rotatable bonds is 0. The van der Waals surface area contributed by atoms with Gasteiger partial charge in [-0.15, -0.1) is 24.8 Å². The first-order chi connectivity index (χ1) is 4.31. The SMILES string of the molecule is CN1CC2(CCCN2)C1.Cl.Cl. The molecule has 0 amide bonds. The van der Waals surface area contributed by atoms with E-state index >= 15 is 0 Å². The van der Waals surface area contributed by atoms with Crippen molar-refractivity contribution in [2.75, 3.05) is 26.7 Å². The summed E-state index contributed by atoms with van der Waals surface area (Å²) in [5, 5.41) is 3.56. The van der Waals surface area contributed by atoms with Crippen LogP contribution in [-0.4, -0.2) is 37.1 Å². The molecule has 2 aliphatic heterocycles. The van der Waals surface area contributed by atoms with Gasteiger partial charge in [-0.3, -0.25) is 0 Å². The third kappa shape index (κ3) is 2.00. The molecule has 0 aromatic rings. The summed E-state index contributed by atoms with van der Waals surface area (Å²) in [6.07, 6.45) is 2.78. The van der Waals surface area contributed by atoms with Crippen LogP contribution in [0.3, 0.4) is 0 Å². The van der Waals surface area contributed by atoms with Crippen molar-refractivity contribution in [2.24, 2.45) is 0 Å². The van der Waals surface area contributed by atoms with E-state index in [2.05, 4.69) is 17.3 Å². The van der Waals surface area contributed by atoms with Gasteiger partial charge in [-0.25, -0.2) is 0 Å². The number of likely N-dealkylation sites (tertiary alicyclic amines) is 1. The van der Waals surface area contributed by atoms with Crippen molar-refractivity contribution >= 4 is 24.8 Å². The number of halogens is 2. The van der Waals surface area contributed by atoms with Gasteiger partial charge in [0, 0.05) is 18.6 Å². The second-order valence-electron chi connectivity index (χ2n) is 3.48. The molecule has 0 atom stereocenters. The van der Waals surface area contributed by atoms with Gasteiger partial charge in [-0.2, -0.15) is 0 Å². The molecule has 0 unspecified atom stereocenters. The Morgan fingerprint density at radius 3 is 2.27 bits per heavy atom. The van der Waals surface area contributed by atoms with Crippen LogP contribution in [0.5, 0.6) is 0 Å². The highest BCUT2D eigenvalue weighted by Crippen LogP contribution is 2.27. The van der Waals surface area contributed by atoms with Crippen LogP contribution in [0.25, 0.3) is 0 Å². The van der Waals surface area contributed by atoms with Crippen molar-refractivity contribution in [1.82, 2.24) is 10.2 Å². The fourth-order valence-electron chi connectivity index (χ4n) is 2.13. The maximum Gasteiger partial charge on any atom is 0.0437 e. The van der Waals surface area contributed by atoms with Crippen molar-refractivity contribution in [3.05, 3.63) is 0 Å². The zero-order chi connectivity index (χ0) is 6.32. The summed E-state index contributed by atoms with van der Waals surface area (Å²) in [6, 6.07) is 0. The molecule has 0 aliphatic carbocycles. The molecule has 11 heavy (non-hydrogen) atoms. The Morgan fingerprint density at radius 1 is 1.27 bits per heavy atom. The van der Waals surface area contributed by atoms with E-state index in [1.165, 1.54) is 32.5 Å². The van der Waals surface area contributed by atoms with Crippen LogP contribution >= 0.6 is 24.8 Å². The fraction of sp³-hybridized carbons (Fsp3) is 1.00. The van der Waals surface area contributed by atoms with E-state index in [-0.39, 0.29) is 24.8 Å². The Hall–Kier alpha value is 0.500. The summed E-state index contributed by atoms with van der Waals surface area (Å²) < 4.78 is 0. The van der Waals surface area contributed by atoms with Crippen molar-refractivity contribution in [3.63, 3.8) is 0 Å². The van der Waals surface area contributed by atoms with Crippen molar-refractivity contribution < 1.29 is 0 Å². The molecule has 0 bridgehead atoms. The Balaban J connectivity index is 0.000000500. The van der Waals surface area contributed by atoms with E-state index < -0.39 is 0 Å². The van der Waals surface area contributed by atoms with E-state index in [1.54, 1.807) is 0 Å². The first-order valence-corrected chi connectivity index (χ1v) is 3.74. The molecule has 0 aromatic carbocycles. The van der Waals surface area contributed by atoms with Gasteiger partial charge in [0.15, 0.2) is 0 Å². The Bertz CT molecular complexity index is 116. The molecule has 4 heteroatoms. The lowest BCUT2D eigenvalue weighted by molar-refractivity contribution is 0.0824. The second kappa shape index (κ2) is 3.94. The summed E-state index contributed by atoms with van der Waals surface area (Å²) in [5.41, 5.74) is 0.564. The summed E-state index contributed by atoms with van der Waals surface area (Å²) in [5.74, 6) is 0. The molecular weight excluding hydrogens is 183 g/mol. The van der Waals surface area contributed by atoms with Crippen molar-refractivity contribution in [3.8, 4) is 0 Å². The maximum atomic E-state index is 3.56. The lowest BCUT2D eigenvalue weighted by atomic mass is 9.89. The monoisotopic (exact) mass is 198 g/mol. The molecule has 2 saturated heterocycles. The predicted octanol–water partition coefficient (Wildman–Crippen LogP) is 0.898. The predicted molar refractivity (Wildman–Crippen MR) is 52.0 cm³/mol. The normalized spacial score (nSPS) is 27.0. The van der Waals surface area contributed by atoms with Crippen LogP contribution in [0.1, 0.15) is 12.8 Å². The molecular formula is C7H16Cl2N2. The lowest BCUT2D eigenvalue weighted by Crippen LogP contribution is -2.65. The molecule has 0 aromatic heterocycles. The van der Waals surface area contributed by atoms with Gasteiger partial charge in [0.25, 0.3) is 0 Å². The first-order valence-electron chi connectivity index (χ1n) is 3.74. The average molecular weight is 199 g/mol. The number of hydrogen-bond donors (Lipinski definition) is 1. The zero-order valence-electron chi connectivity index (χ0n) is 6.80. The summed E-state index contributed by atoms with van der Waals surface area (Å²) in [4.78, 5) is 2.37. The van der Waals surface area contributed by atoms with E-state index in [9.17, 15) is 0 Å². The summed E-state index contributed by atoms with van der Waals surface area (Å²) in [6.45, 7) is 3.79. The molecule has 2 aliphatic rings. The van der Waals surface area contributed by atoms with Gasteiger partial charge in [0.1, 0.15) is 0 Å². The van der Waals surface area contributed by atoms with Gasteiger partial charge >= 0.3 is 0 Å². The van der Waals surface area contributed by atoms with E-state index in [1.807, 2.05) is 0 Å². The summed E-state index contributed by atoms with van der Waals surface area (Å²) >= 11 is 0. The van der Waals surface area contributed by atoms with Gasteiger partial charge in [0.2, 0.25) is 0 Å². The third-order valence-electron chi connectivity index (χ3n) is 2.48. The van der Waals surface area contributed by atoms with Crippen LogP contribution in [0.15, 0.2) is 0 Å². The van der Waals surface area contributed by atoms with Crippen LogP contribution < -0.4 is 5.32 Å². The standard InChI is InChI=1S/C7H14N2.2ClH/c1-9-5-7(6-9)3-2-4-8-7;;/h8H,2-6H2,1H3;2*1H. The van der Waals surface area contributed by atoms with Crippen LogP contribution in [-0.2, 0) is 0 Å². The Morgan fingerprint density at radius 2 is 1.91 bits per heavy atom. The molecule has 0 radical (unpaired) electrons. The van der Waals surface area contributed by atoms with E-state index in [0.717, 1.165) is 0 Å². The zero-order valence-corrected chi connectivity index (χ0v) is 8.43. The third-order valence-corrected chi connectivity index (χ3v) is 2.48. The smallest absolute Gasteiger partial charge is 0.0437 e. The fourth-order valence-corrected chi connectivity index (χ4v) is 2.13. The van der Waals surface area contributed by atoms with Gasteiger partial charge in [-0.1, -0.05) is 0 Å². The average Bonchev–Trinajstić information content (AvgIpc) is 2.12. The topological polar surface area (TPSA) is 15.3 Å². The highest BCUT2D eigenvalue weighted by atomic mass is 35.5. The first kappa shape index (κ1) is 11.5. The van der Waals surface area contributed by atoms with E-state index in [0.29, 0.717) is 5.54 Å².